The van der Waals surface area contributed by atoms with Gasteiger partial charge in [-0.2, -0.15) is 52.7 Å². The van der Waals surface area contributed by atoms with Gasteiger partial charge >= 0.3 is 24.7 Å². The van der Waals surface area contributed by atoms with Gasteiger partial charge in [0.1, 0.15) is 11.4 Å². The quantitative estimate of drug-likeness (QED) is 0.130. The van der Waals surface area contributed by atoms with Crippen molar-refractivity contribution in [1.82, 2.24) is 10.6 Å². The van der Waals surface area contributed by atoms with Crippen LogP contribution in [0.5, 0.6) is 0 Å². The molecular formula is C20H24F12N2O6. The van der Waals surface area contributed by atoms with E-state index in [2.05, 4.69) is 0 Å². The van der Waals surface area contributed by atoms with Crippen molar-refractivity contribution in [3.8, 4) is 0 Å². The minimum atomic E-state index is -5.46. The van der Waals surface area contributed by atoms with Crippen molar-refractivity contribution in [2.24, 2.45) is 0 Å². The average Bonchev–Trinajstić information content (AvgIpc) is 2.79. The highest BCUT2D eigenvalue weighted by atomic mass is 19.4. The molecule has 0 saturated carbocycles. The van der Waals surface area contributed by atoms with Crippen LogP contribution in [0.3, 0.4) is 0 Å². The lowest BCUT2D eigenvalue weighted by atomic mass is 10.3. The predicted octanol–water partition coefficient (Wildman–Crippen LogP) is 3.39. The van der Waals surface area contributed by atoms with E-state index in [1.54, 1.807) is 10.6 Å². The number of hydrogen-bond acceptors (Lipinski definition) is 8. The molecule has 8 nitrogen and oxygen atoms in total. The van der Waals surface area contributed by atoms with E-state index in [0.29, 0.717) is 0 Å². The summed E-state index contributed by atoms with van der Waals surface area (Å²) in [6.07, 6.45) is -22.6. The minimum Gasteiger partial charge on any atom is -0.379 e. The highest BCUT2D eigenvalue weighted by Gasteiger charge is 2.42. The Labute approximate surface area is 218 Å². The molecule has 0 heterocycles. The fourth-order valence-electron chi connectivity index (χ4n) is 2.17. The zero-order valence-corrected chi connectivity index (χ0v) is 20.2. The van der Waals surface area contributed by atoms with Crippen molar-refractivity contribution in [2.75, 3.05) is 65.9 Å². The second-order valence-corrected chi connectivity index (χ2v) is 7.14. The first-order valence-corrected chi connectivity index (χ1v) is 10.8. The molecule has 0 amide bonds. The monoisotopic (exact) mass is 616 g/mol. The lowest BCUT2D eigenvalue weighted by Gasteiger charge is -2.15. The summed E-state index contributed by atoms with van der Waals surface area (Å²) in [5, 5.41) is 3.27. The Morgan fingerprint density at radius 2 is 0.700 bits per heavy atom. The second-order valence-electron chi connectivity index (χ2n) is 7.14. The summed E-state index contributed by atoms with van der Waals surface area (Å²) in [5.41, 5.74) is -3.76. The molecule has 0 radical (unpaired) electrons. The van der Waals surface area contributed by atoms with Gasteiger partial charge in [-0.3, -0.25) is 9.59 Å². The van der Waals surface area contributed by atoms with Crippen molar-refractivity contribution < 1.29 is 81.2 Å². The third-order valence-corrected chi connectivity index (χ3v) is 3.96. The lowest BCUT2D eigenvalue weighted by molar-refractivity contribution is -0.166. The number of alkyl halides is 12. The summed E-state index contributed by atoms with van der Waals surface area (Å²) in [7, 11) is 0. The molecule has 0 aromatic rings. The van der Waals surface area contributed by atoms with Crippen molar-refractivity contribution in [1.29, 1.82) is 0 Å². The SMILES string of the molecule is O=C(/C=C(\NCCOCCOCCOCCOCCN/C(=C/C(=O)C(F)(F)F)C(F)(F)F)C(F)(F)F)C(F)(F)F. The number of carbonyl (C=O) groups is 2. The molecule has 0 bridgehead atoms. The molecule has 0 aromatic carbocycles. The van der Waals surface area contributed by atoms with E-state index in [1.165, 1.54) is 0 Å². The van der Waals surface area contributed by atoms with Crippen molar-refractivity contribution in [2.45, 2.75) is 24.7 Å². The summed E-state index contributed by atoms with van der Waals surface area (Å²) in [5.74, 6) is -5.36. The van der Waals surface area contributed by atoms with Gasteiger partial charge in [0, 0.05) is 25.2 Å². The van der Waals surface area contributed by atoms with Crippen LogP contribution in [0.25, 0.3) is 0 Å². The molecule has 0 unspecified atom stereocenters. The molecule has 0 atom stereocenters. The summed E-state index contributed by atoms with van der Waals surface area (Å²) >= 11 is 0. The van der Waals surface area contributed by atoms with Crippen molar-refractivity contribution in [3.05, 3.63) is 23.5 Å². The van der Waals surface area contributed by atoms with Crippen LogP contribution in [-0.4, -0.2) is 102 Å². The molecule has 234 valence electrons. The maximum Gasteiger partial charge on any atom is 0.454 e. The number of carbonyl (C=O) groups excluding carboxylic acids is 2. The van der Waals surface area contributed by atoms with Crippen LogP contribution in [0.1, 0.15) is 0 Å². The van der Waals surface area contributed by atoms with Crippen LogP contribution in [0.2, 0.25) is 0 Å². The molecule has 40 heavy (non-hydrogen) atoms. The molecule has 0 saturated heterocycles. The third-order valence-electron chi connectivity index (χ3n) is 3.96. The van der Waals surface area contributed by atoms with Gasteiger partial charge in [-0.25, -0.2) is 0 Å². The normalized spacial score (nSPS) is 13.9. The van der Waals surface area contributed by atoms with Crippen LogP contribution < -0.4 is 10.6 Å². The maximum absolute atomic E-state index is 12.7. The maximum atomic E-state index is 12.7. The molecule has 0 aliphatic carbocycles. The van der Waals surface area contributed by atoms with Crippen LogP contribution >= 0.6 is 0 Å². The van der Waals surface area contributed by atoms with Crippen molar-refractivity contribution in [3.63, 3.8) is 0 Å². The van der Waals surface area contributed by atoms with E-state index in [1.807, 2.05) is 0 Å². The Balaban J connectivity index is 3.91. The number of ketones is 2. The first-order valence-electron chi connectivity index (χ1n) is 10.8. The third kappa shape index (κ3) is 17.9. The highest BCUT2D eigenvalue weighted by molar-refractivity contribution is 5.95. The van der Waals surface area contributed by atoms with E-state index in [0.717, 1.165) is 0 Å². The van der Waals surface area contributed by atoms with Gasteiger partial charge in [-0.1, -0.05) is 0 Å². The van der Waals surface area contributed by atoms with E-state index in [9.17, 15) is 62.3 Å². The molecule has 0 aliphatic rings. The second kappa shape index (κ2) is 17.3. The summed E-state index contributed by atoms with van der Waals surface area (Å²) in [6, 6.07) is 0. The highest BCUT2D eigenvalue weighted by Crippen LogP contribution is 2.27. The summed E-state index contributed by atoms with van der Waals surface area (Å²) in [6.45, 7) is -2.08. The topological polar surface area (TPSA) is 95.1 Å². The van der Waals surface area contributed by atoms with E-state index in [-0.39, 0.29) is 52.9 Å². The van der Waals surface area contributed by atoms with Crippen LogP contribution in [0.15, 0.2) is 23.5 Å². The van der Waals surface area contributed by atoms with E-state index < -0.39 is 72.9 Å². The summed E-state index contributed by atoms with van der Waals surface area (Å²) in [4.78, 5) is 21.4. The number of ether oxygens (including phenoxy) is 4. The Hall–Kier alpha value is -2.58. The average molecular weight is 616 g/mol. The van der Waals surface area contributed by atoms with Gasteiger partial charge in [0.2, 0.25) is 0 Å². The standard InChI is InChI=1S/C20H24F12N2O6/c21-17(22,23)13(11-15(35)19(27,28)29)33-1-3-37-5-7-39-9-10-40-8-6-38-4-2-34-14(18(24,25)26)12-16(36)20(30,31)32/h11-12,33-34H,1-10H2/b13-11-,14-12+. The van der Waals surface area contributed by atoms with Gasteiger partial charge in [-0.05, 0) is 0 Å². The van der Waals surface area contributed by atoms with E-state index in [4.69, 9.17) is 18.9 Å². The number of rotatable bonds is 19. The molecular weight excluding hydrogens is 592 g/mol. The fourth-order valence-corrected chi connectivity index (χ4v) is 2.17. The van der Waals surface area contributed by atoms with Crippen LogP contribution in [-0.2, 0) is 28.5 Å². The van der Waals surface area contributed by atoms with Gasteiger partial charge in [-0.15, -0.1) is 0 Å². The van der Waals surface area contributed by atoms with Gasteiger partial charge in [0.05, 0.1) is 52.9 Å². The lowest BCUT2D eigenvalue weighted by Crippen LogP contribution is -2.32. The van der Waals surface area contributed by atoms with Crippen LogP contribution in [0, 0.1) is 0 Å². The molecule has 0 spiro atoms. The Morgan fingerprint density at radius 3 is 0.925 bits per heavy atom. The predicted molar refractivity (Wildman–Crippen MR) is 110 cm³/mol. The summed E-state index contributed by atoms with van der Waals surface area (Å²) < 4.78 is 169. The number of halogens is 12. The number of nitrogens with one attached hydrogen (secondary N) is 2. The largest absolute Gasteiger partial charge is 0.454 e. The first-order chi connectivity index (χ1) is 18.3. The van der Waals surface area contributed by atoms with Gasteiger partial charge < -0.3 is 29.6 Å². The minimum absolute atomic E-state index is 0.0245. The van der Waals surface area contributed by atoms with Crippen LogP contribution in [0.4, 0.5) is 52.7 Å². The first kappa shape index (κ1) is 37.4. The molecule has 0 aromatic heterocycles. The Morgan fingerprint density at radius 1 is 0.450 bits per heavy atom. The molecule has 0 aliphatic heterocycles. The molecule has 20 heteroatoms. The zero-order chi connectivity index (χ0) is 31.0. The Kier molecular flexibility index (Phi) is 16.2. The van der Waals surface area contributed by atoms with E-state index >= 15 is 0 Å². The number of hydrogen-bond donors (Lipinski definition) is 2. The molecule has 0 rings (SSSR count). The smallest absolute Gasteiger partial charge is 0.379 e. The number of allylic oxidation sites excluding steroid dienone is 4. The fraction of sp³-hybridized carbons (Fsp3) is 0.700. The Bertz CT molecular complexity index is 768. The molecule has 0 fully saturated rings. The van der Waals surface area contributed by atoms with Crippen molar-refractivity contribution >= 4 is 11.6 Å². The van der Waals surface area contributed by atoms with Gasteiger partial charge in [0.15, 0.2) is 0 Å². The molecule has 2 N–H and O–H groups in total. The zero-order valence-electron chi connectivity index (χ0n) is 20.2. The van der Waals surface area contributed by atoms with Gasteiger partial charge in [0.25, 0.3) is 11.6 Å².